The van der Waals surface area contributed by atoms with Gasteiger partial charge in [0.25, 0.3) is 0 Å². The summed E-state index contributed by atoms with van der Waals surface area (Å²) in [6.07, 6.45) is 0. The first-order valence-electron chi connectivity index (χ1n) is 5.01. The van der Waals surface area contributed by atoms with E-state index in [0.29, 0.717) is 5.76 Å². The predicted molar refractivity (Wildman–Crippen MR) is 62.3 cm³/mol. The van der Waals surface area contributed by atoms with Crippen LogP contribution in [-0.4, -0.2) is 11.1 Å². The van der Waals surface area contributed by atoms with Gasteiger partial charge in [-0.3, -0.25) is 0 Å². The molecule has 16 heavy (non-hydrogen) atoms. The second kappa shape index (κ2) is 4.39. The summed E-state index contributed by atoms with van der Waals surface area (Å²) < 4.78 is 5.58. The molecule has 0 atom stereocenters. The van der Waals surface area contributed by atoms with Crippen molar-refractivity contribution in [2.45, 2.75) is 26.4 Å². The predicted octanol–water partition coefficient (Wildman–Crippen LogP) is 3.17. The van der Waals surface area contributed by atoms with E-state index in [9.17, 15) is 4.79 Å². The van der Waals surface area contributed by atoms with Crippen LogP contribution in [0.4, 0.5) is 0 Å². The van der Waals surface area contributed by atoms with Crippen molar-refractivity contribution in [3.05, 3.63) is 47.7 Å². The molecular weight excluding hydrogens is 204 g/mol. The maximum Gasteiger partial charge on any atom is 0.335 e. The highest BCUT2D eigenvalue weighted by molar-refractivity contribution is 5.87. The summed E-state index contributed by atoms with van der Waals surface area (Å²) in [5, 5.41) is 8.78. The quantitative estimate of drug-likeness (QED) is 0.793. The molecule has 1 aromatic carbocycles. The lowest BCUT2D eigenvalue weighted by Crippen LogP contribution is -2.20. The molecule has 0 aliphatic rings. The minimum absolute atomic E-state index is 0.273. The van der Waals surface area contributed by atoms with Crippen molar-refractivity contribution in [1.29, 1.82) is 0 Å². The molecule has 0 spiro atoms. The molecule has 1 rings (SSSR count). The van der Waals surface area contributed by atoms with Crippen LogP contribution in [0.25, 0.3) is 0 Å². The second-order valence-electron chi connectivity index (χ2n) is 4.20. The fourth-order valence-electron chi connectivity index (χ4n) is 1.51. The first-order chi connectivity index (χ1) is 7.33. The third kappa shape index (κ3) is 2.86. The number of allylic oxidation sites excluding steroid dienone is 1. The number of benzene rings is 1. The van der Waals surface area contributed by atoms with Gasteiger partial charge in [-0.25, -0.2) is 4.79 Å². The normalized spacial score (nSPS) is 10.9. The molecule has 0 saturated heterocycles. The van der Waals surface area contributed by atoms with Gasteiger partial charge >= 0.3 is 5.97 Å². The van der Waals surface area contributed by atoms with Crippen LogP contribution in [0, 0.1) is 0 Å². The molecule has 0 amide bonds. The fourth-order valence-corrected chi connectivity index (χ4v) is 1.51. The van der Waals surface area contributed by atoms with Crippen molar-refractivity contribution >= 4 is 5.97 Å². The van der Waals surface area contributed by atoms with E-state index in [0.717, 1.165) is 5.56 Å². The summed E-state index contributed by atoms with van der Waals surface area (Å²) in [6, 6.07) is 6.65. The van der Waals surface area contributed by atoms with Gasteiger partial charge < -0.3 is 9.84 Å². The van der Waals surface area contributed by atoms with Crippen LogP contribution in [0.3, 0.4) is 0 Å². The minimum Gasteiger partial charge on any atom is -0.488 e. The molecule has 1 N–H and O–H groups in total. The van der Waals surface area contributed by atoms with Crippen molar-refractivity contribution in [3.8, 4) is 0 Å². The first kappa shape index (κ1) is 12.3. The number of carboxylic acids is 1. The van der Waals surface area contributed by atoms with E-state index in [-0.39, 0.29) is 5.56 Å². The van der Waals surface area contributed by atoms with Crippen LogP contribution in [-0.2, 0) is 10.3 Å². The Morgan fingerprint density at radius 3 is 2.19 bits per heavy atom. The minimum atomic E-state index is -0.926. The Bertz CT molecular complexity index is 402. The highest BCUT2D eigenvalue weighted by atomic mass is 16.5. The van der Waals surface area contributed by atoms with E-state index in [1.165, 1.54) is 0 Å². The van der Waals surface area contributed by atoms with E-state index < -0.39 is 11.6 Å². The van der Waals surface area contributed by atoms with Crippen LogP contribution >= 0.6 is 0 Å². The highest BCUT2D eigenvalue weighted by Gasteiger charge is 2.22. The van der Waals surface area contributed by atoms with Gasteiger partial charge in [0, 0.05) is 0 Å². The zero-order valence-electron chi connectivity index (χ0n) is 9.78. The van der Waals surface area contributed by atoms with Gasteiger partial charge in [0.1, 0.15) is 5.60 Å². The number of hydrogen-bond acceptors (Lipinski definition) is 2. The Hall–Kier alpha value is -1.77. The number of carboxylic acid groups (broad SMARTS) is 1. The lowest BCUT2D eigenvalue weighted by Gasteiger charge is -2.27. The number of rotatable bonds is 4. The lowest BCUT2D eigenvalue weighted by atomic mass is 9.97. The summed E-state index contributed by atoms with van der Waals surface area (Å²) in [7, 11) is 0. The van der Waals surface area contributed by atoms with Crippen LogP contribution in [0.2, 0.25) is 0 Å². The average molecular weight is 220 g/mol. The van der Waals surface area contributed by atoms with Crippen LogP contribution in [0.15, 0.2) is 36.6 Å². The largest absolute Gasteiger partial charge is 0.488 e. The molecule has 0 radical (unpaired) electrons. The molecule has 0 saturated carbocycles. The maximum absolute atomic E-state index is 10.7. The standard InChI is InChI=1S/C13H16O3/c1-9(2)16-13(3,4)11-7-5-10(6-8-11)12(14)15/h5-8H,1H2,2-4H3,(H,14,15). The Labute approximate surface area is 95.4 Å². The first-order valence-corrected chi connectivity index (χ1v) is 5.01. The molecule has 0 heterocycles. The van der Waals surface area contributed by atoms with E-state index in [1.807, 2.05) is 13.8 Å². The van der Waals surface area contributed by atoms with E-state index in [4.69, 9.17) is 9.84 Å². The molecule has 3 nitrogen and oxygen atoms in total. The monoisotopic (exact) mass is 220 g/mol. The molecule has 0 aromatic heterocycles. The lowest BCUT2D eigenvalue weighted by molar-refractivity contribution is 0.0336. The Kier molecular flexibility index (Phi) is 3.38. The summed E-state index contributed by atoms with van der Waals surface area (Å²) >= 11 is 0. The molecule has 1 aromatic rings. The average Bonchev–Trinajstić information content (AvgIpc) is 2.16. The van der Waals surface area contributed by atoms with Crippen molar-refractivity contribution in [2.24, 2.45) is 0 Å². The van der Waals surface area contributed by atoms with Crippen molar-refractivity contribution < 1.29 is 14.6 Å². The zero-order chi connectivity index (χ0) is 12.3. The third-order valence-corrected chi connectivity index (χ3v) is 2.26. The summed E-state index contributed by atoms with van der Waals surface area (Å²) in [5.41, 5.74) is 0.693. The second-order valence-corrected chi connectivity index (χ2v) is 4.20. The van der Waals surface area contributed by atoms with Crippen molar-refractivity contribution in [3.63, 3.8) is 0 Å². The van der Waals surface area contributed by atoms with Gasteiger partial charge in [-0.15, -0.1) is 0 Å². The molecule has 3 heteroatoms. The maximum atomic E-state index is 10.7. The number of aromatic carboxylic acids is 1. The Morgan fingerprint density at radius 2 is 1.81 bits per heavy atom. The molecule has 0 fully saturated rings. The topological polar surface area (TPSA) is 46.5 Å². The Balaban J connectivity index is 2.96. The fraction of sp³-hybridized carbons (Fsp3) is 0.308. The van der Waals surface area contributed by atoms with Gasteiger partial charge in [0.05, 0.1) is 11.3 Å². The number of hydrogen-bond donors (Lipinski definition) is 1. The van der Waals surface area contributed by atoms with Gasteiger partial charge in [-0.1, -0.05) is 18.7 Å². The van der Waals surface area contributed by atoms with Crippen LogP contribution < -0.4 is 0 Å². The van der Waals surface area contributed by atoms with Gasteiger partial charge in [-0.2, -0.15) is 0 Å². The molecule has 0 aliphatic heterocycles. The van der Waals surface area contributed by atoms with Crippen LogP contribution in [0.1, 0.15) is 36.7 Å². The van der Waals surface area contributed by atoms with E-state index in [1.54, 1.807) is 31.2 Å². The van der Waals surface area contributed by atoms with Gasteiger partial charge in [0.15, 0.2) is 0 Å². The van der Waals surface area contributed by atoms with Crippen molar-refractivity contribution in [2.75, 3.05) is 0 Å². The van der Waals surface area contributed by atoms with Gasteiger partial charge in [-0.05, 0) is 38.5 Å². The van der Waals surface area contributed by atoms with E-state index >= 15 is 0 Å². The van der Waals surface area contributed by atoms with E-state index in [2.05, 4.69) is 6.58 Å². The molecule has 86 valence electrons. The summed E-state index contributed by atoms with van der Waals surface area (Å²) in [4.78, 5) is 10.7. The van der Waals surface area contributed by atoms with Gasteiger partial charge in [0.2, 0.25) is 0 Å². The van der Waals surface area contributed by atoms with Crippen molar-refractivity contribution in [1.82, 2.24) is 0 Å². The van der Waals surface area contributed by atoms with Crippen LogP contribution in [0.5, 0.6) is 0 Å². The molecule has 0 unspecified atom stereocenters. The highest BCUT2D eigenvalue weighted by Crippen LogP contribution is 2.27. The molecule has 0 bridgehead atoms. The Morgan fingerprint density at radius 1 is 1.31 bits per heavy atom. The number of ether oxygens (including phenoxy) is 1. The summed E-state index contributed by atoms with van der Waals surface area (Å²) in [5.74, 6) is -0.294. The zero-order valence-corrected chi connectivity index (χ0v) is 9.78. The smallest absolute Gasteiger partial charge is 0.335 e. The molecular formula is C13H16O3. The summed E-state index contributed by atoms with van der Waals surface area (Å²) in [6.45, 7) is 9.31. The number of carbonyl (C=O) groups is 1. The third-order valence-electron chi connectivity index (χ3n) is 2.26. The SMILES string of the molecule is C=C(C)OC(C)(C)c1ccc(C(=O)O)cc1. The molecule has 0 aliphatic carbocycles.